The quantitative estimate of drug-likeness (QED) is 0.647. The van der Waals surface area contributed by atoms with E-state index in [4.69, 9.17) is 20.9 Å². The number of aromatic nitrogens is 1. The third-order valence-electron chi connectivity index (χ3n) is 3.85. The predicted molar refractivity (Wildman–Crippen MR) is 98.3 cm³/mol. The molecule has 0 fully saturated rings. The molecule has 134 valence electrons. The molecule has 3 aromatic rings. The number of hydrogen-bond acceptors (Lipinski definition) is 5. The van der Waals surface area contributed by atoms with Gasteiger partial charge in [0, 0.05) is 16.1 Å². The van der Waals surface area contributed by atoms with Crippen molar-refractivity contribution in [2.24, 2.45) is 0 Å². The van der Waals surface area contributed by atoms with Gasteiger partial charge >= 0.3 is 6.09 Å². The van der Waals surface area contributed by atoms with Crippen LogP contribution in [-0.4, -0.2) is 16.4 Å². The SMILES string of the molecule is Cc1noc(-c2ccc(O)cc2)c1NC(=O)OC(C)c1ccccc1Cl. The molecule has 0 aliphatic carbocycles. The van der Waals surface area contributed by atoms with E-state index in [2.05, 4.69) is 10.5 Å². The molecular weight excluding hydrogens is 356 g/mol. The van der Waals surface area contributed by atoms with Crippen molar-refractivity contribution in [3.63, 3.8) is 0 Å². The van der Waals surface area contributed by atoms with Crippen LogP contribution in [0.5, 0.6) is 5.75 Å². The number of rotatable bonds is 4. The minimum absolute atomic E-state index is 0.132. The first-order valence-electron chi connectivity index (χ1n) is 7.93. The smallest absolute Gasteiger partial charge is 0.412 e. The molecule has 3 rings (SSSR count). The zero-order valence-electron chi connectivity index (χ0n) is 14.2. The lowest BCUT2D eigenvalue weighted by molar-refractivity contribution is 0.121. The molecule has 0 saturated heterocycles. The van der Waals surface area contributed by atoms with Gasteiger partial charge in [0.1, 0.15) is 23.2 Å². The van der Waals surface area contributed by atoms with E-state index >= 15 is 0 Å². The first-order valence-corrected chi connectivity index (χ1v) is 8.31. The summed E-state index contributed by atoms with van der Waals surface area (Å²) in [7, 11) is 0. The zero-order valence-corrected chi connectivity index (χ0v) is 14.9. The molecule has 2 aromatic carbocycles. The Bertz CT molecular complexity index is 922. The molecule has 26 heavy (non-hydrogen) atoms. The van der Waals surface area contributed by atoms with Crippen molar-refractivity contribution in [1.29, 1.82) is 0 Å². The number of aryl methyl sites for hydroxylation is 1. The molecule has 0 aliphatic heterocycles. The van der Waals surface area contributed by atoms with E-state index in [0.29, 0.717) is 33.3 Å². The minimum Gasteiger partial charge on any atom is -0.508 e. The van der Waals surface area contributed by atoms with E-state index in [1.807, 2.05) is 12.1 Å². The van der Waals surface area contributed by atoms with Gasteiger partial charge in [0.25, 0.3) is 0 Å². The molecule has 0 radical (unpaired) electrons. The summed E-state index contributed by atoms with van der Waals surface area (Å²) >= 11 is 6.13. The number of carbonyl (C=O) groups is 1. The Labute approximate surface area is 155 Å². The summed E-state index contributed by atoms with van der Waals surface area (Å²) in [5, 5.41) is 16.5. The maximum atomic E-state index is 12.3. The molecule has 1 amide bonds. The average Bonchev–Trinajstić information content (AvgIpc) is 2.96. The van der Waals surface area contributed by atoms with E-state index in [0.717, 1.165) is 0 Å². The maximum Gasteiger partial charge on any atom is 0.412 e. The number of phenolic OH excluding ortho intramolecular Hbond substituents is 1. The van der Waals surface area contributed by atoms with Gasteiger partial charge in [0.15, 0.2) is 5.76 Å². The highest BCUT2D eigenvalue weighted by molar-refractivity contribution is 6.31. The van der Waals surface area contributed by atoms with E-state index in [1.54, 1.807) is 38.1 Å². The number of benzene rings is 2. The number of carbonyl (C=O) groups excluding carboxylic acids is 1. The van der Waals surface area contributed by atoms with E-state index in [1.165, 1.54) is 12.1 Å². The van der Waals surface area contributed by atoms with Gasteiger partial charge in [-0.1, -0.05) is 35.0 Å². The predicted octanol–water partition coefficient (Wildman–Crippen LogP) is 5.32. The lowest BCUT2D eigenvalue weighted by Crippen LogP contribution is -2.17. The molecule has 2 N–H and O–H groups in total. The molecule has 1 atom stereocenters. The summed E-state index contributed by atoms with van der Waals surface area (Å²) in [6.45, 7) is 3.45. The number of anilines is 1. The highest BCUT2D eigenvalue weighted by Crippen LogP contribution is 2.32. The Morgan fingerprint density at radius 2 is 1.92 bits per heavy atom. The molecular formula is C19H17ClN2O4. The highest BCUT2D eigenvalue weighted by atomic mass is 35.5. The van der Waals surface area contributed by atoms with Crippen LogP contribution in [0.3, 0.4) is 0 Å². The number of nitrogens with zero attached hydrogens (tertiary/aromatic N) is 1. The van der Waals surface area contributed by atoms with Crippen LogP contribution in [0.4, 0.5) is 10.5 Å². The molecule has 1 unspecified atom stereocenters. The summed E-state index contributed by atoms with van der Waals surface area (Å²) < 4.78 is 10.7. The van der Waals surface area contributed by atoms with E-state index in [9.17, 15) is 9.90 Å². The summed E-state index contributed by atoms with van der Waals surface area (Å²) in [6, 6.07) is 13.5. The normalized spacial score (nSPS) is 11.8. The fourth-order valence-corrected chi connectivity index (χ4v) is 2.78. The number of phenols is 1. The number of nitrogens with one attached hydrogen (secondary N) is 1. The fraction of sp³-hybridized carbons (Fsp3) is 0.158. The molecule has 0 saturated carbocycles. The lowest BCUT2D eigenvalue weighted by atomic mass is 10.1. The van der Waals surface area contributed by atoms with E-state index in [-0.39, 0.29) is 5.75 Å². The molecule has 0 bridgehead atoms. The fourth-order valence-electron chi connectivity index (χ4n) is 2.49. The second kappa shape index (κ2) is 7.49. The number of aromatic hydroxyl groups is 1. The van der Waals surface area contributed by atoms with Crippen molar-refractivity contribution < 1.29 is 19.2 Å². The van der Waals surface area contributed by atoms with Gasteiger partial charge in [-0.3, -0.25) is 5.32 Å². The summed E-state index contributed by atoms with van der Waals surface area (Å²) in [4.78, 5) is 12.3. The Morgan fingerprint density at radius 1 is 1.23 bits per heavy atom. The Hall–Kier alpha value is -2.99. The second-order valence-electron chi connectivity index (χ2n) is 5.71. The van der Waals surface area contributed by atoms with Crippen LogP contribution in [0.1, 0.15) is 24.3 Å². The van der Waals surface area contributed by atoms with Crippen LogP contribution in [0.2, 0.25) is 5.02 Å². The summed E-state index contributed by atoms with van der Waals surface area (Å²) in [5.74, 6) is 0.511. The van der Waals surface area contributed by atoms with Gasteiger partial charge in [-0.15, -0.1) is 0 Å². The van der Waals surface area contributed by atoms with Crippen LogP contribution in [0.25, 0.3) is 11.3 Å². The van der Waals surface area contributed by atoms with E-state index < -0.39 is 12.2 Å². The van der Waals surface area contributed by atoms with Crippen LogP contribution in [0, 0.1) is 6.92 Å². The largest absolute Gasteiger partial charge is 0.508 e. The summed E-state index contributed by atoms with van der Waals surface area (Å²) in [5.41, 5.74) is 2.30. The average molecular weight is 373 g/mol. The monoisotopic (exact) mass is 372 g/mol. The molecule has 1 aromatic heterocycles. The van der Waals surface area contributed by atoms with Crippen molar-refractivity contribution >= 4 is 23.4 Å². The number of halogens is 1. The van der Waals surface area contributed by atoms with Gasteiger partial charge in [0.05, 0.1) is 0 Å². The minimum atomic E-state index is -0.649. The zero-order chi connectivity index (χ0) is 18.7. The van der Waals surface area contributed by atoms with Crippen LogP contribution < -0.4 is 5.32 Å². The van der Waals surface area contributed by atoms with Crippen molar-refractivity contribution in [1.82, 2.24) is 5.16 Å². The molecule has 6 nitrogen and oxygen atoms in total. The van der Waals surface area contributed by atoms with Gasteiger partial charge < -0.3 is 14.4 Å². The second-order valence-corrected chi connectivity index (χ2v) is 6.12. The van der Waals surface area contributed by atoms with Crippen molar-refractivity contribution in [2.45, 2.75) is 20.0 Å². The van der Waals surface area contributed by atoms with Crippen molar-refractivity contribution in [2.75, 3.05) is 5.32 Å². The van der Waals surface area contributed by atoms with Crippen molar-refractivity contribution in [3.05, 3.63) is 64.8 Å². The lowest BCUT2D eigenvalue weighted by Gasteiger charge is -2.15. The highest BCUT2D eigenvalue weighted by Gasteiger charge is 2.20. The third kappa shape index (κ3) is 3.81. The van der Waals surface area contributed by atoms with Crippen molar-refractivity contribution in [3.8, 4) is 17.1 Å². The van der Waals surface area contributed by atoms with Gasteiger partial charge in [-0.25, -0.2) is 4.79 Å². The van der Waals surface area contributed by atoms with Crippen LogP contribution >= 0.6 is 11.6 Å². The Kier molecular flexibility index (Phi) is 5.14. The van der Waals surface area contributed by atoms with Gasteiger partial charge in [-0.2, -0.15) is 0 Å². The third-order valence-corrected chi connectivity index (χ3v) is 4.19. The van der Waals surface area contributed by atoms with Gasteiger partial charge in [0.2, 0.25) is 0 Å². The summed E-state index contributed by atoms with van der Waals surface area (Å²) in [6.07, 6.45) is -1.18. The standard InChI is InChI=1S/C19H17ClN2O4/c1-11-17(18(26-22-11)13-7-9-14(23)10-8-13)21-19(24)25-12(2)15-5-3-4-6-16(15)20/h3-10,12,23H,1-2H3,(H,21,24). The maximum absolute atomic E-state index is 12.3. The first kappa shape index (κ1) is 17.8. The number of ether oxygens (including phenoxy) is 1. The Morgan fingerprint density at radius 3 is 2.62 bits per heavy atom. The van der Waals surface area contributed by atoms with Crippen LogP contribution in [0.15, 0.2) is 53.1 Å². The molecule has 7 heteroatoms. The Balaban J connectivity index is 1.77. The van der Waals surface area contributed by atoms with Gasteiger partial charge in [-0.05, 0) is 44.2 Å². The van der Waals surface area contributed by atoms with Crippen LogP contribution in [-0.2, 0) is 4.74 Å². The topological polar surface area (TPSA) is 84.6 Å². The first-order chi connectivity index (χ1) is 12.5. The number of hydrogen-bond donors (Lipinski definition) is 2. The molecule has 0 spiro atoms. The molecule has 1 heterocycles. The number of amides is 1. The molecule has 0 aliphatic rings.